The van der Waals surface area contributed by atoms with Gasteiger partial charge in [0.15, 0.2) is 0 Å². The van der Waals surface area contributed by atoms with Crippen LogP contribution >= 0.6 is 0 Å². The van der Waals surface area contributed by atoms with E-state index >= 15 is 0 Å². The van der Waals surface area contributed by atoms with E-state index in [0.29, 0.717) is 6.04 Å². The lowest BCUT2D eigenvalue weighted by molar-refractivity contribution is 0.588. The number of nitrogens with one attached hydrogen (secondary N) is 1. The van der Waals surface area contributed by atoms with Gasteiger partial charge in [0, 0.05) is 31.2 Å². The van der Waals surface area contributed by atoms with Crippen molar-refractivity contribution in [2.24, 2.45) is 0 Å². The highest BCUT2D eigenvalue weighted by Crippen LogP contribution is 2.04. The van der Waals surface area contributed by atoms with Crippen LogP contribution in [0.1, 0.15) is 25.1 Å². The first kappa shape index (κ1) is 11.9. The summed E-state index contributed by atoms with van der Waals surface area (Å²) in [6.07, 6.45) is 6.11. The van der Waals surface area contributed by atoms with Gasteiger partial charge in [-0.3, -0.25) is 4.98 Å². The summed E-state index contributed by atoms with van der Waals surface area (Å²) in [5, 5.41) is 3.41. The normalized spacial score (nSPS) is 11.0. The first-order valence-corrected chi connectivity index (χ1v) is 6.02. The van der Waals surface area contributed by atoms with Gasteiger partial charge < -0.3 is 9.88 Å². The smallest absolute Gasteiger partial charge is 0.0642 e. The molecule has 0 aliphatic carbocycles. The standard InChI is InChI=1S/C14H19N3/c1-12(2)16-9-13-6-8-17(10-13)11-14-5-3-4-7-15-14/h3-8,10,12,16H,9,11H2,1-2H3. The highest BCUT2D eigenvalue weighted by molar-refractivity contribution is 5.12. The van der Waals surface area contributed by atoms with Crippen molar-refractivity contribution in [2.45, 2.75) is 33.0 Å². The summed E-state index contributed by atoms with van der Waals surface area (Å²) in [6.45, 7) is 6.07. The molecule has 0 spiro atoms. The first-order valence-electron chi connectivity index (χ1n) is 6.02. The maximum atomic E-state index is 4.32. The van der Waals surface area contributed by atoms with E-state index in [9.17, 15) is 0 Å². The first-order chi connectivity index (χ1) is 8.24. The third-order valence-electron chi connectivity index (χ3n) is 2.60. The second-order valence-electron chi connectivity index (χ2n) is 4.55. The molecule has 3 nitrogen and oxygen atoms in total. The highest BCUT2D eigenvalue weighted by atomic mass is 15.0. The Balaban J connectivity index is 1.94. The monoisotopic (exact) mass is 229 g/mol. The Labute approximate surface area is 103 Å². The molecule has 0 saturated carbocycles. The number of aromatic nitrogens is 2. The van der Waals surface area contributed by atoms with Crippen molar-refractivity contribution in [3.63, 3.8) is 0 Å². The molecule has 0 saturated heterocycles. The Morgan fingerprint density at radius 3 is 2.88 bits per heavy atom. The van der Waals surface area contributed by atoms with Gasteiger partial charge in [-0.1, -0.05) is 19.9 Å². The SMILES string of the molecule is CC(C)NCc1ccn(Cc2ccccn2)c1. The minimum Gasteiger partial charge on any atom is -0.348 e. The molecule has 0 atom stereocenters. The molecular weight excluding hydrogens is 210 g/mol. The molecule has 1 N–H and O–H groups in total. The van der Waals surface area contributed by atoms with Gasteiger partial charge in [0.2, 0.25) is 0 Å². The van der Waals surface area contributed by atoms with Crippen molar-refractivity contribution in [1.29, 1.82) is 0 Å². The van der Waals surface area contributed by atoms with E-state index in [-0.39, 0.29) is 0 Å². The van der Waals surface area contributed by atoms with Gasteiger partial charge in [-0.15, -0.1) is 0 Å². The number of nitrogens with zero attached hydrogens (tertiary/aromatic N) is 2. The molecular formula is C14H19N3. The van der Waals surface area contributed by atoms with Gasteiger partial charge >= 0.3 is 0 Å². The van der Waals surface area contributed by atoms with E-state index in [1.807, 2.05) is 24.4 Å². The highest BCUT2D eigenvalue weighted by Gasteiger charge is 1.99. The predicted octanol–water partition coefficient (Wildman–Crippen LogP) is 2.43. The molecule has 0 unspecified atom stereocenters. The van der Waals surface area contributed by atoms with Crippen LogP contribution < -0.4 is 5.32 Å². The zero-order chi connectivity index (χ0) is 12.1. The van der Waals surface area contributed by atoms with Gasteiger partial charge in [-0.2, -0.15) is 0 Å². The molecule has 0 amide bonds. The van der Waals surface area contributed by atoms with Crippen LogP contribution in [-0.2, 0) is 13.1 Å². The average Bonchev–Trinajstić information content (AvgIpc) is 2.75. The minimum atomic E-state index is 0.522. The van der Waals surface area contributed by atoms with E-state index in [0.717, 1.165) is 18.8 Å². The summed E-state index contributed by atoms with van der Waals surface area (Å²) < 4.78 is 2.17. The Morgan fingerprint density at radius 2 is 2.18 bits per heavy atom. The van der Waals surface area contributed by atoms with E-state index in [1.165, 1.54) is 5.56 Å². The third-order valence-corrected chi connectivity index (χ3v) is 2.60. The molecule has 90 valence electrons. The van der Waals surface area contributed by atoms with Crippen molar-refractivity contribution in [1.82, 2.24) is 14.9 Å². The van der Waals surface area contributed by atoms with Crippen LogP contribution in [-0.4, -0.2) is 15.6 Å². The summed E-state index contributed by atoms with van der Waals surface area (Å²) in [5.74, 6) is 0. The lowest BCUT2D eigenvalue weighted by Crippen LogP contribution is -2.21. The van der Waals surface area contributed by atoms with Crippen LogP contribution in [0.4, 0.5) is 0 Å². The van der Waals surface area contributed by atoms with Crippen LogP contribution in [0.5, 0.6) is 0 Å². The molecule has 3 heteroatoms. The van der Waals surface area contributed by atoms with Crippen molar-refractivity contribution in [3.8, 4) is 0 Å². The summed E-state index contributed by atoms with van der Waals surface area (Å²) in [7, 11) is 0. The summed E-state index contributed by atoms with van der Waals surface area (Å²) in [6, 6.07) is 8.68. The van der Waals surface area contributed by atoms with E-state index in [2.05, 4.69) is 47.2 Å². The molecule has 0 radical (unpaired) electrons. The lowest BCUT2D eigenvalue weighted by Gasteiger charge is -2.06. The Morgan fingerprint density at radius 1 is 1.29 bits per heavy atom. The second-order valence-corrected chi connectivity index (χ2v) is 4.55. The van der Waals surface area contributed by atoms with Gasteiger partial charge in [0.25, 0.3) is 0 Å². The quantitative estimate of drug-likeness (QED) is 0.853. The molecule has 2 aromatic rings. The molecule has 17 heavy (non-hydrogen) atoms. The lowest BCUT2D eigenvalue weighted by atomic mass is 10.3. The maximum absolute atomic E-state index is 4.32. The molecule has 2 heterocycles. The van der Waals surface area contributed by atoms with Crippen molar-refractivity contribution >= 4 is 0 Å². The predicted molar refractivity (Wildman–Crippen MR) is 69.7 cm³/mol. The Hall–Kier alpha value is -1.61. The Kier molecular flexibility index (Phi) is 3.94. The number of pyridine rings is 1. The largest absolute Gasteiger partial charge is 0.348 e. The minimum absolute atomic E-state index is 0.522. The third kappa shape index (κ3) is 3.71. The fourth-order valence-corrected chi connectivity index (χ4v) is 1.69. The molecule has 0 aromatic carbocycles. The molecule has 0 fully saturated rings. The molecule has 0 bridgehead atoms. The fourth-order valence-electron chi connectivity index (χ4n) is 1.69. The van der Waals surface area contributed by atoms with Gasteiger partial charge in [-0.25, -0.2) is 0 Å². The van der Waals surface area contributed by atoms with Crippen LogP contribution in [0.2, 0.25) is 0 Å². The summed E-state index contributed by atoms with van der Waals surface area (Å²) >= 11 is 0. The van der Waals surface area contributed by atoms with Gasteiger partial charge in [-0.05, 0) is 23.8 Å². The van der Waals surface area contributed by atoms with Gasteiger partial charge in [0.05, 0.1) is 12.2 Å². The molecule has 0 aliphatic rings. The number of hydrogen-bond donors (Lipinski definition) is 1. The molecule has 2 rings (SSSR count). The number of hydrogen-bond acceptors (Lipinski definition) is 2. The fraction of sp³-hybridized carbons (Fsp3) is 0.357. The van der Waals surface area contributed by atoms with E-state index < -0.39 is 0 Å². The second kappa shape index (κ2) is 5.64. The van der Waals surface area contributed by atoms with Gasteiger partial charge in [0.1, 0.15) is 0 Å². The summed E-state index contributed by atoms with van der Waals surface area (Å²) in [5.41, 5.74) is 2.40. The zero-order valence-corrected chi connectivity index (χ0v) is 10.4. The van der Waals surface area contributed by atoms with E-state index in [1.54, 1.807) is 0 Å². The van der Waals surface area contributed by atoms with Crippen LogP contribution in [0, 0.1) is 0 Å². The Bertz CT molecular complexity index is 446. The van der Waals surface area contributed by atoms with Crippen LogP contribution in [0.25, 0.3) is 0 Å². The van der Waals surface area contributed by atoms with Crippen molar-refractivity contribution < 1.29 is 0 Å². The molecule has 2 aromatic heterocycles. The van der Waals surface area contributed by atoms with Crippen LogP contribution in [0.15, 0.2) is 42.9 Å². The van der Waals surface area contributed by atoms with Crippen molar-refractivity contribution in [3.05, 3.63) is 54.1 Å². The maximum Gasteiger partial charge on any atom is 0.0642 e. The zero-order valence-electron chi connectivity index (χ0n) is 10.4. The van der Waals surface area contributed by atoms with Crippen LogP contribution in [0.3, 0.4) is 0 Å². The topological polar surface area (TPSA) is 29.9 Å². The van der Waals surface area contributed by atoms with E-state index in [4.69, 9.17) is 0 Å². The summed E-state index contributed by atoms with van der Waals surface area (Å²) in [4.78, 5) is 4.32. The number of rotatable bonds is 5. The molecule has 0 aliphatic heterocycles. The van der Waals surface area contributed by atoms with Crippen molar-refractivity contribution in [2.75, 3.05) is 0 Å². The average molecular weight is 229 g/mol.